The molecule has 0 amide bonds. The second-order valence-electron chi connectivity index (χ2n) is 5.40. The van der Waals surface area contributed by atoms with Crippen LogP contribution in [0.15, 0.2) is 42.6 Å². The molecule has 0 unspecified atom stereocenters. The lowest BCUT2D eigenvalue weighted by molar-refractivity contribution is 0.415. The van der Waals surface area contributed by atoms with Gasteiger partial charge in [-0.25, -0.2) is 4.98 Å². The van der Waals surface area contributed by atoms with Crippen LogP contribution in [0.1, 0.15) is 18.4 Å². The van der Waals surface area contributed by atoms with Gasteiger partial charge in [0.15, 0.2) is 0 Å². The highest BCUT2D eigenvalue weighted by molar-refractivity contribution is 5.62. The van der Waals surface area contributed by atoms with Gasteiger partial charge < -0.3 is 15.0 Å². The number of hydrogen-bond donors (Lipinski definition) is 1. The third kappa shape index (κ3) is 3.34. The molecule has 0 spiro atoms. The highest BCUT2D eigenvalue weighted by atomic mass is 16.5. The summed E-state index contributed by atoms with van der Waals surface area (Å²) in [5.41, 5.74) is 2.32. The number of pyridine rings is 1. The van der Waals surface area contributed by atoms with Crippen LogP contribution < -0.4 is 15.0 Å². The number of ether oxygens (including phenoxy) is 1. The van der Waals surface area contributed by atoms with E-state index in [9.17, 15) is 0 Å². The van der Waals surface area contributed by atoms with Gasteiger partial charge in [-0.15, -0.1) is 0 Å². The molecule has 0 radical (unpaired) electrons. The molecule has 0 atom stereocenters. The van der Waals surface area contributed by atoms with Crippen molar-refractivity contribution in [3.63, 3.8) is 0 Å². The molecule has 110 valence electrons. The van der Waals surface area contributed by atoms with Crippen molar-refractivity contribution in [1.82, 2.24) is 10.3 Å². The van der Waals surface area contributed by atoms with Crippen molar-refractivity contribution in [3.05, 3.63) is 48.2 Å². The van der Waals surface area contributed by atoms with E-state index < -0.39 is 0 Å². The maximum atomic E-state index is 5.21. The van der Waals surface area contributed by atoms with Crippen LogP contribution >= 0.6 is 0 Å². The van der Waals surface area contributed by atoms with E-state index in [1.807, 2.05) is 43.6 Å². The summed E-state index contributed by atoms with van der Waals surface area (Å²) in [7, 11) is 3.73. The van der Waals surface area contributed by atoms with Crippen molar-refractivity contribution in [3.8, 4) is 5.75 Å². The van der Waals surface area contributed by atoms with Crippen molar-refractivity contribution >= 4 is 11.5 Å². The number of rotatable bonds is 6. The Morgan fingerprint density at radius 3 is 2.67 bits per heavy atom. The lowest BCUT2D eigenvalue weighted by Crippen LogP contribution is -2.19. The number of anilines is 2. The Morgan fingerprint density at radius 2 is 2.00 bits per heavy atom. The first-order chi connectivity index (χ1) is 10.3. The number of aromatic nitrogens is 1. The van der Waals surface area contributed by atoms with Crippen LogP contribution in [-0.4, -0.2) is 25.2 Å². The standard InChI is InChI=1S/C17H21N3O/c1-20(15-7-9-16(21-2)10-8-15)17-13(4-3-11-18-17)12-19-14-5-6-14/h3-4,7-11,14,19H,5-6,12H2,1-2H3. The topological polar surface area (TPSA) is 37.4 Å². The van der Waals surface area contributed by atoms with Gasteiger partial charge in [0.1, 0.15) is 11.6 Å². The summed E-state index contributed by atoms with van der Waals surface area (Å²) in [6.45, 7) is 0.869. The molecule has 3 rings (SSSR count). The third-order valence-electron chi connectivity index (χ3n) is 3.80. The fourth-order valence-corrected chi connectivity index (χ4v) is 2.34. The molecule has 1 fully saturated rings. The second-order valence-corrected chi connectivity index (χ2v) is 5.40. The third-order valence-corrected chi connectivity index (χ3v) is 3.80. The maximum absolute atomic E-state index is 5.21. The van der Waals surface area contributed by atoms with Gasteiger partial charge in [-0.05, 0) is 43.2 Å². The van der Waals surface area contributed by atoms with E-state index in [-0.39, 0.29) is 0 Å². The van der Waals surface area contributed by atoms with E-state index in [1.165, 1.54) is 18.4 Å². The zero-order valence-corrected chi connectivity index (χ0v) is 12.5. The van der Waals surface area contributed by atoms with Gasteiger partial charge >= 0.3 is 0 Å². The van der Waals surface area contributed by atoms with E-state index in [0.717, 1.165) is 23.8 Å². The fourth-order valence-electron chi connectivity index (χ4n) is 2.34. The Balaban J connectivity index is 1.80. The number of hydrogen-bond acceptors (Lipinski definition) is 4. The van der Waals surface area contributed by atoms with E-state index in [2.05, 4.69) is 21.3 Å². The van der Waals surface area contributed by atoms with Gasteiger partial charge in [0.2, 0.25) is 0 Å². The van der Waals surface area contributed by atoms with Crippen LogP contribution in [0.2, 0.25) is 0 Å². The number of nitrogens with one attached hydrogen (secondary N) is 1. The van der Waals surface area contributed by atoms with Crippen LogP contribution in [0, 0.1) is 0 Å². The monoisotopic (exact) mass is 283 g/mol. The molecule has 4 nitrogen and oxygen atoms in total. The van der Waals surface area contributed by atoms with E-state index in [4.69, 9.17) is 4.74 Å². The zero-order chi connectivity index (χ0) is 14.7. The molecular weight excluding hydrogens is 262 g/mol. The Hall–Kier alpha value is -2.07. The zero-order valence-electron chi connectivity index (χ0n) is 12.5. The predicted molar refractivity (Wildman–Crippen MR) is 85.2 cm³/mol. The molecule has 0 bridgehead atoms. The van der Waals surface area contributed by atoms with Gasteiger partial charge in [0.05, 0.1) is 7.11 Å². The maximum Gasteiger partial charge on any atom is 0.137 e. The summed E-state index contributed by atoms with van der Waals surface area (Å²) in [5.74, 6) is 1.86. The summed E-state index contributed by atoms with van der Waals surface area (Å²) in [6, 6.07) is 12.9. The molecule has 0 saturated heterocycles. The Morgan fingerprint density at radius 1 is 1.24 bits per heavy atom. The molecule has 1 aliphatic carbocycles. The molecule has 1 aromatic heterocycles. The largest absolute Gasteiger partial charge is 0.497 e. The molecule has 4 heteroatoms. The van der Waals surface area contributed by atoms with Crippen molar-refractivity contribution in [2.45, 2.75) is 25.4 Å². The summed E-state index contributed by atoms with van der Waals surface area (Å²) in [5, 5.41) is 3.55. The molecule has 1 N–H and O–H groups in total. The minimum Gasteiger partial charge on any atom is -0.497 e. The van der Waals surface area contributed by atoms with E-state index in [0.29, 0.717) is 6.04 Å². The van der Waals surface area contributed by atoms with Crippen LogP contribution in [0.3, 0.4) is 0 Å². The quantitative estimate of drug-likeness (QED) is 0.884. The van der Waals surface area contributed by atoms with Crippen molar-refractivity contribution < 1.29 is 4.74 Å². The van der Waals surface area contributed by atoms with Crippen molar-refractivity contribution in [2.75, 3.05) is 19.1 Å². The van der Waals surface area contributed by atoms with Gasteiger partial charge in [0, 0.05) is 37.1 Å². The van der Waals surface area contributed by atoms with Crippen molar-refractivity contribution in [1.29, 1.82) is 0 Å². The summed E-state index contributed by atoms with van der Waals surface area (Å²) in [6.07, 6.45) is 4.43. The molecular formula is C17H21N3O. The minimum atomic E-state index is 0.698. The summed E-state index contributed by atoms with van der Waals surface area (Å²) >= 11 is 0. The first-order valence-electron chi connectivity index (χ1n) is 7.33. The average Bonchev–Trinajstić information content (AvgIpc) is 3.37. The first-order valence-corrected chi connectivity index (χ1v) is 7.33. The Labute approximate surface area is 125 Å². The second kappa shape index (κ2) is 6.14. The van der Waals surface area contributed by atoms with Gasteiger partial charge in [-0.1, -0.05) is 6.07 Å². The first kappa shape index (κ1) is 13.9. The fraction of sp³-hybridized carbons (Fsp3) is 0.353. The summed E-state index contributed by atoms with van der Waals surface area (Å²) in [4.78, 5) is 6.67. The Kier molecular flexibility index (Phi) is 4.06. The lowest BCUT2D eigenvalue weighted by atomic mass is 10.2. The molecule has 1 aromatic carbocycles. The Bertz CT molecular complexity index is 593. The number of benzene rings is 1. The molecule has 1 saturated carbocycles. The SMILES string of the molecule is COc1ccc(N(C)c2ncccc2CNC2CC2)cc1. The molecule has 1 heterocycles. The van der Waals surface area contributed by atoms with Crippen LogP contribution in [0.25, 0.3) is 0 Å². The highest BCUT2D eigenvalue weighted by Crippen LogP contribution is 2.27. The smallest absolute Gasteiger partial charge is 0.137 e. The van der Waals surface area contributed by atoms with Crippen LogP contribution in [0.4, 0.5) is 11.5 Å². The van der Waals surface area contributed by atoms with E-state index in [1.54, 1.807) is 7.11 Å². The van der Waals surface area contributed by atoms with Crippen molar-refractivity contribution in [2.24, 2.45) is 0 Å². The number of methoxy groups -OCH3 is 1. The van der Waals surface area contributed by atoms with Gasteiger partial charge in [0.25, 0.3) is 0 Å². The van der Waals surface area contributed by atoms with Crippen LogP contribution in [0.5, 0.6) is 5.75 Å². The molecule has 2 aromatic rings. The molecule has 21 heavy (non-hydrogen) atoms. The molecule has 0 aliphatic heterocycles. The normalized spacial score (nSPS) is 14.0. The lowest BCUT2D eigenvalue weighted by Gasteiger charge is -2.21. The van der Waals surface area contributed by atoms with Crippen LogP contribution in [-0.2, 0) is 6.54 Å². The van der Waals surface area contributed by atoms with Gasteiger partial charge in [-0.3, -0.25) is 0 Å². The predicted octanol–water partition coefficient (Wildman–Crippen LogP) is 3.11. The minimum absolute atomic E-state index is 0.698. The summed E-state index contributed by atoms with van der Waals surface area (Å²) < 4.78 is 5.21. The number of nitrogens with zero attached hydrogens (tertiary/aromatic N) is 2. The van der Waals surface area contributed by atoms with Gasteiger partial charge in [-0.2, -0.15) is 0 Å². The highest BCUT2D eigenvalue weighted by Gasteiger charge is 2.21. The van der Waals surface area contributed by atoms with E-state index >= 15 is 0 Å². The molecule has 1 aliphatic rings. The average molecular weight is 283 g/mol.